The molecule has 52 heavy (non-hydrogen) atoms. The summed E-state index contributed by atoms with van der Waals surface area (Å²) < 4.78 is 12.9. The van der Waals surface area contributed by atoms with Gasteiger partial charge in [0.15, 0.2) is 16.6 Å². The lowest BCUT2D eigenvalue weighted by Crippen LogP contribution is -2.50. The van der Waals surface area contributed by atoms with E-state index in [0.717, 1.165) is 22.7 Å². The van der Waals surface area contributed by atoms with Crippen LogP contribution in [0, 0.1) is 23.2 Å². The van der Waals surface area contributed by atoms with Gasteiger partial charge in [-0.05, 0) is 86.4 Å². The Morgan fingerprint density at radius 2 is 1.50 bits per heavy atom. The Bertz CT molecular complexity index is 1380. The summed E-state index contributed by atoms with van der Waals surface area (Å²) >= 11 is 1.62. The monoisotopic (exact) mass is 777 g/mol. The second-order valence-electron chi connectivity index (χ2n) is 18.2. The maximum atomic E-state index is 13.3. The molecule has 10 heteroatoms. The number of aromatic nitrogens is 1. The van der Waals surface area contributed by atoms with Crippen molar-refractivity contribution in [2.24, 2.45) is 23.2 Å². The molecule has 0 spiro atoms. The van der Waals surface area contributed by atoms with Crippen LogP contribution in [0.1, 0.15) is 120 Å². The van der Waals surface area contributed by atoms with Gasteiger partial charge in [-0.15, -0.1) is 24.5 Å². The summed E-state index contributed by atoms with van der Waals surface area (Å²) in [7, 11) is -3.82. The summed E-state index contributed by atoms with van der Waals surface area (Å²) in [4.78, 5) is 29.0. The predicted molar refractivity (Wildman–Crippen MR) is 228 cm³/mol. The maximum Gasteiger partial charge on any atom is 0.303 e. The van der Waals surface area contributed by atoms with Gasteiger partial charge < -0.3 is 19.1 Å². The maximum absolute atomic E-state index is 13.3. The average Bonchev–Trinajstić information content (AvgIpc) is 3.46. The minimum atomic E-state index is -2.06. The number of Topliss-reactive ketones (excluding diaryl/α,β-unsaturated/α-hetero) is 1. The molecular formula is C42H75NO6SSi2. The first-order valence-corrected chi connectivity index (χ1v) is 25.4. The molecule has 0 aliphatic rings. The van der Waals surface area contributed by atoms with Gasteiger partial charge in [0, 0.05) is 23.1 Å². The lowest BCUT2D eigenvalue weighted by Gasteiger charge is -2.43. The molecule has 0 saturated carbocycles. The van der Waals surface area contributed by atoms with Crippen LogP contribution in [0.25, 0.3) is 6.08 Å². The summed E-state index contributed by atoms with van der Waals surface area (Å²) in [6, 6.07) is 0. The molecule has 1 aromatic rings. The molecule has 1 aromatic heterocycles. The quantitative estimate of drug-likeness (QED) is 0.106. The van der Waals surface area contributed by atoms with Crippen LogP contribution in [-0.2, 0) is 25.0 Å². The number of thiazole rings is 1. The van der Waals surface area contributed by atoms with Crippen molar-refractivity contribution in [1.82, 2.24) is 4.98 Å². The van der Waals surface area contributed by atoms with Crippen LogP contribution in [0.4, 0.5) is 0 Å². The Balaban J connectivity index is 0.00000100. The number of aliphatic hydroxyl groups is 1. The van der Waals surface area contributed by atoms with Crippen LogP contribution in [0.3, 0.4) is 0 Å². The van der Waals surface area contributed by atoms with E-state index in [1.54, 1.807) is 11.3 Å². The number of carbonyl (C=O) groups excluding carboxylic acids is 1. The summed E-state index contributed by atoms with van der Waals surface area (Å²) in [5, 5.41) is 22.7. The molecule has 2 N–H and O–H groups in total. The average molecular weight is 778 g/mol. The van der Waals surface area contributed by atoms with Crippen molar-refractivity contribution in [3.8, 4) is 0 Å². The topological polar surface area (TPSA) is 106 Å². The van der Waals surface area contributed by atoms with Gasteiger partial charge in [0.25, 0.3) is 0 Å². The fourth-order valence-corrected chi connectivity index (χ4v) is 8.02. The largest absolute Gasteiger partial charge is 0.481 e. The molecule has 1 heterocycles. The van der Waals surface area contributed by atoms with Gasteiger partial charge >= 0.3 is 5.97 Å². The molecular weight excluding hydrogens is 703 g/mol. The van der Waals surface area contributed by atoms with Gasteiger partial charge in [0.2, 0.25) is 0 Å². The summed E-state index contributed by atoms with van der Waals surface area (Å²) in [6.07, 6.45) is 8.49. The third kappa shape index (κ3) is 15.8. The van der Waals surface area contributed by atoms with E-state index in [9.17, 15) is 14.7 Å². The third-order valence-corrected chi connectivity index (χ3v) is 21.2. The minimum Gasteiger partial charge on any atom is -0.481 e. The minimum absolute atomic E-state index is 0.0176. The lowest BCUT2D eigenvalue weighted by molar-refractivity contribution is -0.142. The van der Waals surface area contributed by atoms with E-state index in [-0.39, 0.29) is 46.1 Å². The van der Waals surface area contributed by atoms with Crippen molar-refractivity contribution in [2.75, 3.05) is 0 Å². The van der Waals surface area contributed by atoms with E-state index >= 15 is 0 Å². The molecule has 0 aliphatic carbocycles. The number of carboxylic acids is 1. The van der Waals surface area contributed by atoms with E-state index in [0.29, 0.717) is 13.0 Å². The second kappa shape index (κ2) is 20.6. The molecule has 0 aromatic carbocycles. The zero-order chi connectivity index (χ0) is 41.0. The molecule has 0 bridgehead atoms. The number of carboxylic acid groups (broad SMARTS) is 1. The fraction of sp³-hybridized carbons (Fsp3) is 0.690. The molecule has 5 atom stereocenters. The van der Waals surface area contributed by atoms with Crippen LogP contribution < -0.4 is 0 Å². The first-order valence-electron chi connectivity index (χ1n) is 18.7. The molecule has 0 amide bonds. The van der Waals surface area contributed by atoms with Gasteiger partial charge in [-0.1, -0.05) is 100.0 Å². The van der Waals surface area contributed by atoms with E-state index in [2.05, 4.69) is 98.9 Å². The smallest absolute Gasteiger partial charge is 0.303 e. The van der Waals surface area contributed by atoms with Crippen LogP contribution in [0.15, 0.2) is 47.9 Å². The van der Waals surface area contributed by atoms with E-state index in [1.165, 1.54) is 5.57 Å². The molecule has 7 nitrogen and oxygen atoms in total. The van der Waals surface area contributed by atoms with Crippen LogP contribution in [0.5, 0.6) is 0 Å². The highest BCUT2D eigenvalue weighted by Gasteiger charge is 2.45. The second-order valence-corrected chi connectivity index (χ2v) is 28.7. The van der Waals surface area contributed by atoms with Crippen molar-refractivity contribution in [3.63, 3.8) is 0 Å². The Morgan fingerprint density at radius 3 is 1.96 bits per heavy atom. The van der Waals surface area contributed by atoms with Gasteiger partial charge in [-0.2, -0.15) is 0 Å². The number of carbonyl (C=O) groups is 2. The normalized spacial score (nSPS) is 16.6. The molecule has 0 fully saturated rings. The van der Waals surface area contributed by atoms with Crippen molar-refractivity contribution >= 4 is 45.8 Å². The summed E-state index contributed by atoms with van der Waals surface area (Å²) in [6.45, 7) is 43.8. The standard InChI is InChI=1S/C21H35NO2SSi.C21H40O4Si/c1-9-10-16(2)11-12-19(23)17(3)13-18-15-25-20(22-18)14-24-26(7,8)21(4,5)6;1-12-14(2)18(25-26(10,11)20(5,6)7)16(4)19(24)21(8,9)15(3)13-17(22)23/h9,11,13,15,19,23H,1,10,12,14H2,2-8H3;12,14-16,18H,1,13H2,2-11H3,(H,22,23)/b16-11-,17-13+;/t19-;14-,15-,16+,18-/m00/s1. The van der Waals surface area contributed by atoms with Crippen molar-refractivity contribution in [2.45, 2.75) is 164 Å². The van der Waals surface area contributed by atoms with Crippen molar-refractivity contribution in [3.05, 3.63) is 58.6 Å². The van der Waals surface area contributed by atoms with E-state index < -0.39 is 34.1 Å². The number of aliphatic carboxylic acids is 1. The highest BCUT2D eigenvalue weighted by atomic mass is 32.1. The first-order chi connectivity index (χ1) is 23.4. The van der Waals surface area contributed by atoms with Gasteiger partial charge in [0.1, 0.15) is 10.8 Å². The number of hydrogen-bond donors (Lipinski definition) is 2. The number of nitrogens with zero attached hydrogens (tertiary/aromatic N) is 1. The van der Waals surface area contributed by atoms with E-state index in [1.807, 2.05) is 65.2 Å². The lowest BCUT2D eigenvalue weighted by atomic mass is 9.69. The number of rotatable bonds is 19. The summed E-state index contributed by atoms with van der Waals surface area (Å²) in [5.41, 5.74) is 2.32. The number of allylic oxidation sites excluding steroid dienone is 2. The highest BCUT2D eigenvalue weighted by molar-refractivity contribution is 7.09. The molecule has 0 radical (unpaired) electrons. The van der Waals surface area contributed by atoms with E-state index in [4.69, 9.17) is 14.0 Å². The zero-order valence-corrected chi connectivity index (χ0v) is 38.7. The summed E-state index contributed by atoms with van der Waals surface area (Å²) in [5.74, 6) is -1.36. The van der Waals surface area contributed by atoms with Gasteiger partial charge in [0.05, 0.1) is 24.5 Å². The molecule has 298 valence electrons. The molecule has 0 aliphatic heterocycles. The zero-order valence-electron chi connectivity index (χ0n) is 35.9. The Hall–Kier alpha value is -1.96. The number of aliphatic hydroxyl groups excluding tert-OH is 1. The van der Waals surface area contributed by atoms with Crippen LogP contribution in [-0.4, -0.2) is 55.8 Å². The Kier molecular flexibility index (Phi) is 19.9. The molecule has 1 rings (SSSR count). The fourth-order valence-electron chi connectivity index (χ4n) is 4.87. The Morgan fingerprint density at radius 1 is 0.962 bits per heavy atom. The van der Waals surface area contributed by atoms with Crippen molar-refractivity contribution < 1.29 is 28.7 Å². The number of ketones is 1. The number of hydrogen-bond acceptors (Lipinski definition) is 7. The molecule has 0 saturated heterocycles. The predicted octanol–water partition coefficient (Wildman–Crippen LogP) is 11.9. The highest BCUT2D eigenvalue weighted by Crippen LogP contribution is 2.41. The van der Waals surface area contributed by atoms with Gasteiger partial charge in [-0.3, -0.25) is 9.59 Å². The Labute approximate surface area is 324 Å². The van der Waals surface area contributed by atoms with Gasteiger partial charge in [-0.25, -0.2) is 4.98 Å². The van der Waals surface area contributed by atoms with Crippen LogP contribution >= 0.6 is 11.3 Å². The SMILES string of the molecule is C=CC/C(C)=C\C[C@H](O)/C(C)=C/c1csc(CO[Si](C)(C)C(C)(C)C)n1.C=C[C@H](C)[C@H](O[Si](C)(C)C(C)(C)C)[C@@H](C)C(=O)C(C)(C)[C@@H](C)CC(=O)O. The van der Waals surface area contributed by atoms with Crippen molar-refractivity contribution in [1.29, 1.82) is 0 Å². The third-order valence-electron chi connectivity index (χ3n) is 11.4. The first kappa shape index (κ1) is 50.0. The van der Waals surface area contributed by atoms with Crippen LogP contribution in [0.2, 0.25) is 36.3 Å². The molecule has 0 unspecified atom stereocenters.